The molecule has 1 rings (SSSR count). The Bertz CT molecular complexity index is 373. The number of aryl methyl sites for hydroxylation is 1. The average Bonchev–Trinajstić information content (AvgIpc) is 2.04. The third kappa shape index (κ3) is 5.53. The zero-order chi connectivity index (χ0) is 11.2. The highest BCUT2D eigenvalue weighted by atomic mass is 32.3. The predicted octanol–water partition coefficient (Wildman–Crippen LogP) is 2.61. The zero-order valence-corrected chi connectivity index (χ0v) is 9.14. The third-order valence-electron chi connectivity index (χ3n) is 1.19. The van der Waals surface area contributed by atoms with Crippen LogP contribution in [0.1, 0.15) is 19.4 Å². The second kappa shape index (κ2) is 5.59. The van der Waals surface area contributed by atoms with Crippen LogP contribution in [0, 0.1) is 6.92 Å². The van der Waals surface area contributed by atoms with Gasteiger partial charge in [-0.3, -0.25) is 0 Å². The molecule has 80 valence electrons. The van der Waals surface area contributed by atoms with E-state index in [1.165, 1.54) is 12.1 Å². The molecule has 0 aliphatic heterocycles. The minimum Gasteiger partial charge on any atom is -0.358 e. The third-order valence-corrected chi connectivity index (χ3v) is 1.58. The predicted molar refractivity (Wildman–Crippen MR) is 53.2 cm³/mol. The van der Waals surface area contributed by atoms with Gasteiger partial charge in [-0.2, -0.15) is 8.42 Å². The fourth-order valence-electron chi connectivity index (χ4n) is 0.782. The summed E-state index contributed by atoms with van der Waals surface area (Å²) in [6.07, 6.45) is 0. The highest BCUT2D eigenvalue weighted by Crippen LogP contribution is 2.14. The first kappa shape index (κ1) is 12.9. The number of rotatable bonds is 2. The van der Waals surface area contributed by atoms with Crippen molar-refractivity contribution in [2.75, 3.05) is 0 Å². The molecule has 0 unspecified atom stereocenters. The molecule has 14 heavy (non-hydrogen) atoms. The fourth-order valence-corrected chi connectivity index (χ4v) is 1.12. The van der Waals surface area contributed by atoms with Gasteiger partial charge in [0.05, 0.1) is 0 Å². The van der Waals surface area contributed by atoms with Crippen molar-refractivity contribution in [2.24, 2.45) is 0 Å². The summed E-state index contributed by atoms with van der Waals surface area (Å²) in [5.74, 6) is -0.0162. The van der Waals surface area contributed by atoms with E-state index in [-0.39, 0.29) is 5.75 Å². The lowest BCUT2D eigenvalue weighted by Crippen LogP contribution is -2.00. The van der Waals surface area contributed by atoms with Gasteiger partial charge >= 0.3 is 10.5 Å². The van der Waals surface area contributed by atoms with Crippen LogP contribution >= 0.6 is 0 Å². The van der Waals surface area contributed by atoms with Crippen LogP contribution in [-0.4, -0.2) is 8.42 Å². The summed E-state index contributed by atoms with van der Waals surface area (Å²) < 4.78 is 36.0. The topological polar surface area (TPSA) is 43.4 Å². The molecule has 1 aromatic rings. The van der Waals surface area contributed by atoms with Crippen molar-refractivity contribution in [3.63, 3.8) is 0 Å². The number of benzene rings is 1. The smallest absolute Gasteiger partial charge is 0.358 e. The van der Waals surface area contributed by atoms with Crippen molar-refractivity contribution < 1.29 is 16.5 Å². The summed E-state index contributed by atoms with van der Waals surface area (Å²) in [5.41, 5.74) is 0.802. The highest BCUT2D eigenvalue weighted by Gasteiger charge is 2.08. The Kier molecular flexibility index (Phi) is 5.15. The summed E-state index contributed by atoms with van der Waals surface area (Å²) in [4.78, 5) is 0. The van der Waals surface area contributed by atoms with E-state index < -0.39 is 10.5 Å². The molecule has 3 nitrogen and oxygen atoms in total. The molecule has 0 aliphatic rings. The molecular weight excluding hydrogens is 207 g/mol. The van der Waals surface area contributed by atoms with Crippen LogP contribution in [-0.2, 0) is 10.5 Å². The van der Waals surface area contributed by atoms with Crippen molar-refractivity contribution in [1.82, 2.24) is 0 Å². The molecule has 0 N–H and O–H groups in total. The molecule has 5 heteroatoms. The Hall–Kier alpha value is -1.10. The van der Waals surface area contributed by atoms with Crippen LogP contribution in [0.5, 0.6) is 5.75 Å². The SMILES string of the molecule is CC.Cc1cccc(OS(=O)(=O)F)c1. The Morgan fingerprint density at radius 3 is 2.29 bits per heavy atom. The monoisotopic (exact) mass is 220 g/mol. The van der Waals surface area contributed by atoms with E-state index in [9.17, 15) is 12.3 Å². The minimum atomic E-state index is -4.89. The fraction of sp³-hybridized carbons (Fsp3) is 0.333. The molecule has 1 aromatic carbocycles. The van der Waals surface area contributed by atoms with Gasteiger partial charge in [-0.05, 0) is 24.6 Å². The van der Waals surface area contributed by atoms with E-state index >= 15 is 0 Å². The van der Waals surface area contributed by atoms with Gasteiger partial charge in [0.1, 0.15) is 5.75 Å². The lowest BCUT2D eigenvalue weighted by atomic mass is 10.2. The first-order valence-corrected chi connectivity index (χ1v) is 5.49. The van der Waals surface area contributed by atoms with Crippen molar-refractivity contribution in [2.45, 2.75) is 20.8 Å². The quantitative estimate of drug-likeness (QED) is 0.719. The second-order valence-electron chi connectivity index (χ2n) is 2.29. The Balaban J connectivity index is 0.000000791. The lowest BCUT2D eigenvalue weighted by Gasteiger charge is -1.99. The van der Waals surface area contributed by atoms with Crippen LogP contribution in [0.4, 0.5) is 3.89 Å². The Morgan fingerprint density at radius 1 is 1.29 bits per heavy atom. The normalized spacial score (nSPS) is 10.0. The van der Waals surface area contributed by atoms with E-state index in [1.807, 2.05) is 13.8 Å². The maximum absolute atomic E-state index is 12.0. The minimum absolute atomic E-state index is 0.0162. The first-order valence-electron chi connectivity index (χ1n) is 4.18. The molecule has 0 aromatic heterocycles. The molecule has 0 atom stereocenters. The number of hydrogen-bond donors (Lipinski definition) is 0. The summed E-state index contributed by atoms with van der Waals surface area (Å²) in [5, 5.41) is 0. The van der Waals surface area contributed by atoms with Gasteiger partial charge in [0, 0.05) is 0 Å². The molecular formula is C9H13FO3S. The molecule has 0 fully saturated rings. The van der Waals surface area contributed by atoms with Gasteiger partial charge in [-0.1, -0.05) is 29.9 Å². The van der Waals surface area contributed by atoms with Crippen molar-refractivity contribution in [3.8, 4) is 5.75 Å². The Labute approximate surface area is 83.9 Å². The maximum Gasteiger partial charge on any atom is 0.488 e. The second-order valence-corrected chi connectivity index (χ2v) is 3.25. The standard InChI is InChI=1S/C7H7FO3S.C2H6/c1-6-3-2-4-7(5-6)11-12(8,9)10;1-2/h2-5H,1H3;1-2H3. The van der Waals surface area contributed by atoms with Crippen molar-refractivity contribution in [3.05, 3.63) is 29.8 Å². The molecule has 0 amide bonds. The number of hydrogen-bond acceptors (Lipinski definition) is 3. The zero-order valence-electron chi connectivity index (χ0n) is 8.32. The van der Waals surface area contributed by atoms with Gasteiger partial charge in [0.15, 0.2) is 0 Å². The van der Waals surface area contributed by atoms with Gasteiger partial charge in [0.2, 0.25) is 0 Å². The van der Waals surface area contributed by atoms with Crippen LogP contribution in [0.15, 0.2) is 24.3 Å². The van der Waals surface area contributed by atoms with Gasteiger partial charge in [-0.15, -0.1) is 0 Å². The molecule has 0 saturated carbocycles. The maximum atomic E-state index is 12.0. The van der Waals surface area contributed by atoms with Crippen molar-refractivity contribution in [1.29, 1.82) is 0 Å². The van der Waals surface area contributed by atoms with E-state index in [1.54, 1.807) is 19.1 Å². The molecule has 0 spiro atoms. The van der Waals surface area contributed by atoms with Crippen LogP contribution < -0.4 is 4.18 Å². The van der Waals surface area contributed by atoms with Gasteiger partial charge in [0.25, 0.3) is 0 Å². The van der Waals surface area contributed by atoms with E-state index in [2.05, 4.69) is 4.18 Å². The lowest BCUT2D eigenvalue weighted by molar-refractivity contribution is 0.440. The van der Waals surface area contributed by atoms with Crippen LogP contribution in [0.3, 0.4) is 0 Å². The van der Waals surface area contributed by atoms with E-state index in [0.717, 1.165) is 5.56 Å². The summed E-state index contributed by atoms with van der Waals surface area (Å²) in [6, 6.07) is 6.12. The van der Waals surface area contributed by atoms with E-state index in [4.69, 9.17) is 0 Å². The molecule has 0 aliphatic carbocycles. The summed E-state index contributed by atoms with van der Waals surface area (Å²) in [6.45, 7) is 5.75. The van der Waals surface area contributed by atoms with E-state index in [0.29, 0.717) is 0 Å². The van der Waals surface area contributed by atoms with Gasteiger partial charge in [-0.25, -0.2) is 0 Å². The van der Waals surface area contributed by atoms with Gasteiger partial charge < -0.3 is 4.18 Å². The largest absolute Gasteiger partial charge is 0.488 e. The molecule has 0 saturated heterocycles. The molecule has 0 radical (unpaired) electrons. The first-order chi connectivity index (χ1) is 6.47. The Morgan fingerprint density at radius 2 is 1.86 bits per heavy atom. The highest BCUT2D eigenvalue weighted by molar-refractivity contribution is 7.81. The van der Waals surface area contributed by atoms with Crippen LogP contribution in [0.25, 0.3) is 0 Å². The molecule has 0 bridgehead atoms. The van der Waals surface area contributed by atoms with Crippen LogP contribution in [0.2, 0.25) is 0 Å². The van der Waals surface area contributed by atoms with Crippen molar-refractivity contribution >= 4 is 10.5 Å². The molecule has 0 heterocycles. The summed E-state index contributed by atoms with van der Waals surface area (Å²) >= 11 is 0. The number of halogens is 1. The average molecular weight is 220 g/mol. The summed E-state index contributed by atoms with van der Waals surface area (Å²) in [7, 11) is -4.89.